The SMILES string of the molecule is Nc1nc(=O)n([C@H]2C[C@H](O)[C@@H](CO)O2)cc1C#CC1=CSC(=C2SC=CS2)S1. The first-order valence-corrected chi connectivity index (χ1v) is 11.6. The quantitative estimate of drug-likeness (QED) is 0.577. The van der Waals surface area contributed by atoms with Crippen LogP contribution in [0.2, 0.25) is 0 Å². The van der Waals surface area contributed by atoms with E-state index in [0.29, 0.717) is 5.56 Å². The number of allylic oxidation sites excluding steroid dienone is 1. The van der Waals surface area contributed by atoms with Crippen molar-refractivity contribution in [3.63, 3.8) is 0 Å². The molecule has 11 heteroatoms. The summed E-state index contributed by atoms with van der Waals surface area (Å²) in [6.45, 7) is -0.325. The number of rotatable bonds is 2. The van der Waals surface area contributed by atoms with Gasteiger partial charge in [0.25, 0.3) is 0 Å². The molecule has 3 aliphatic heterocycles. The van der Waals surface area contributed by atoms with Crippen molar-refractivity contribution < 1.29 is 14.9 Å². The Hall–Kier alpha value is -1.26. The molecular weight excluding hydrogens is 438 g/mol. The molecule has 1 aromatic heterocycles. The zero-order valence-corrected chi connectivity index (χ0v) is 17.5. The molecule has 0 radical (unpaired) electrons. The molecule has 4 N–H and O–H groups in total. The number of aliphatic hydroxyl groups is 2. The average molecular weight is 454 g/mol. The topological polar surface area (TPSA) is 111 Å². The molecule has 3 atom stereocenters. The fraction of sp³-hybridized carbons (Fsp3) is 0.294. The number of nitrogen functional groups attached to an aromatic ring is 1. The van der Waals surface area contributed by atoms with Gasteiger partial charge in [-0.05, 0) is 16.2 Å². The third-order valence-electron chi connectivity index (χ3n) is 4.04. The molecule has 4 rings (SSSR count). The largest absolute Gasteiger partial charge is 0.394 e. The number of hydrogen-bond donors (Lipinski definition) is 3. The first kappa shape index (κ1) is 20.0. The van der Waals surface area contributed by atoms with Gasteiger partial charge in [0, 0.05) is 12.6 Å². The first-order valence-electron chi connectivity index (χ1n) is 8.17. The van der Waals surface area contributed by atoms with E-state index in [2.05, 4.69) is 27.6 Å². The number of nitrogens with two attached hydrogens (primary N) is 1. The van der Waals surface area contributed by atoms with Gasteiger partial charge in [-0.2, -0.15) is 4.98 Å². The zero-order valence-electron chi connectivity index (χ0n) is 14.3. The van der Waals surface area contributed by atoms with Gasteiger partial charge < -0.3 is 20.7 Å². The second kappa shape index (κ2) is 8.62. The van der Waals surface area contributed by atoms with Gasteiger partial charge in [-0.15, -0.1) is 0 Å². The van der Waals surface area contributed by atoms with E-state index in [4.69, 9.17) is 10.5 Å². The summed E-state index contributed by atoms with van der Waals surface area (Å²) in [6.07, 6.45) is -0.619. The maximum Gasteiger partial charge on any atom is 0.351 e. The summed E-state index contributed by atoms with van der Waals surface area (Å²) < 4.78 is 9.23. The molecule has 0 aromatic carbocycles. The highest BCUT2D eigenvalue weighted by atomic mass is 32.2. The number of aromatic nitrogens is 2. The first-order chi connectivity index (χ1) is 13.5. The van der Waals surface area contributed by atoms with Crippen molar-refractivity contribution in [2.45, 2.75) is 24.9 Å². The molecule has 1 aromatic rings. The summed E-state index contributed by atoms with van der Waals surface area (Å²) in [4.78, 5) is 16.9. The lowest BCUT2D eigenvalue weighted by molar-refractivity contribution is -0.0458. The Balaban J connectivity index is 1.54. The predicted molar refractivity (Wildman–Crippen MR) is 116 cm³/mol. The lowest BCUT2D eigenvalue weighted by Crippen LogP contribution is -2.28. The van der Waals surface area contributed by atoms with E-state index in [-0.39, 0.29) is 18.8 Å². The average Bonchev–Trinajstić information content (AvgIpc) is 3.41. The van der Waals surface area contributed by atoms with Crippen molar-refractivity contribution >= 4 is 52.9 Å². The van der Waals surface area contributed by atoms with Crippen LogP contribution in [0.15, 0.2) is 40.6 Å². The number of nitrogens with zero attached hydrogens (tertiary/aromatic N) is 2. The Bertz CT molecular complexity index is 998. The molecule has 0 spiro atoms. The van der Waals surface area contributed by atoms with Gasteiger partial charge in [-0.25, -0.2) is 4.79 Å². The Morgan fingerprint density at radius 1 is 1.29 bits per heavy atom. The molecule has 0 amide bonds. The molecule has 0 saturated carbocycles. The van der Waals surface area contributed by atoms with Crippen molar-refractivity contribution in [1.82, 2.24) is 9.55 Å². The van der Waals surface area contributed by atoms with Crippen LogP contribution in [0.3, 0.4) is 0 Å². The minimum atomic E-state index is -0.849. The van der Waals surface area contributed by atoms with Crippen LogP contribution in [-0.2, 0) is 4.74 Å². The van der Waals surface area contributed by atoms with Crippen molar-refractivity contribution in [2.75, 3.05) is 12.3 Å². The van der Waals surface area contributed by atoms with Crippen molar-refractivity contribution in [3.05, 3.63) is 51.8 Å². The molecule has 0 bridgehead atoms. The molecule has 0 aliphatic carbocycles. The minimum Gasteiger partial charge on any atom is -0.394 e. The summed E-state index contributed by atoms with van der Waals surface area (Å²) in [7, 11) is 0. The Morgan fingerprint density at radius 2 is 2.07 bits per heavy atom. The van der Waals surface area contributed by atoms with E-state index in [1.54, 1.807) is 47.0 Å². The highest BCUT2D eigenvalue weighted by Gasteiger charge is 2.35. The Labute approximate surface area is 177 Å². The summed E-state index contributed by atoms with van der Waals surface area (Å²) in [5.74, 6) is 6.10. The van der Waals surface area contributed by atoms with Crippen LogP contribution < -0.4 is 11.4 Å². The number of anilines is 1. The predicted octanol–water partition coefficient (Wildman–Crippen LogP) is 2.22. The molecule has 3 aliphatic rings. The van der Waals surface area contributed by atoms with Gasteiger partial charge in [-0.1, -0.05) is 58.9 Å². The van der Waals surface area contributed by atoms with E-state index in [9.17, 15) is 15.0 Å². The molecule has 146 valence electrons. The standard InChI is InChI=1S/C17H15N3O4S4/c18-14-9(1-2-10-8-27-16(28-10)15-25-3-4-26-15)6-20(17(23)19-14)13-5-11(22)12(7-21)24-13/h3-4,6,8,11-13,21-22H,5,7H2,(H2,18,19,23)/t11-,12+,13+/m0/s1. The molecule has 1 saturated heterocycles. The lowest BCUT2D eigenvalue weighted by Gasteiger charge is -2.14. The molecule has 4 heterocycles. The second-order valence-electron chi connectivity index (χ2n) is 5.88. The fourth-order valence-corrected chi connectivity index (χ4v) is 6.92. The summed E-state index contributed by atoms with van der Waals surface area (Å²) in [6, 6.07) is 0. The molecule has 28 heavy (non-hydrogen) atoms. The van der Waals surface area contributed by atoms with Gasteiger partial charge in [-0.3, -0.25) is 4.57 Å². The van der Waals surface area contributed by atoms with Crippen LogP contribution in [-0.4, -0.2) is 38.6 Å². The summed E-state index contributed by atoms with van der Waals surface area (Å²) in [5, 5.41) is 25.2. The Kier molecular flexibility index (Phi) is 6.17. The number of hydrogen-bond acceptors (Lipinski definition) is 10. The van der Waals surface area contributed by atoms with Crippen molar-refractivity contribution in [3.8, 4) is 11.8 Å². The Morgan fingerprint density at radius 3 is 2.79 bits per heavy atom. The van der Waals surface area contributed by atoms with Crippen LogP contribution in [0.4, 0.5) is 5.82 Å². The third kappa shape index (κ3) is 4.18. The number of thioether (sulfide) groups is 4. The summed E-state index contributed by atoms with van der Waals surface area (Å²) >= 11 is 6.64. The lowest BCUT2D eigenvalue weighted by atomic mass is 10.2. The smallest absolute Gasteiger partial charge is 0.351 e. The van der Waals surface area contributed by atoms with Crippen LogP contribution in [0.5, 0.6) is 0 Å². The van der Waals surface area contributed by atoms with Crippen LogP contribution in [0, 0.1) is 11.8 Å². The van der Waals surface area contributed by atoms with E-state index in [1.165, 1.54) is 19.2 Å². The zero-order chi connectivity index (χ0) is 19.7. The maximum absolute atomic E-state index is 12.2. The number of ether oxygens (including phenoxy) is 1. The third-order valence-corrected chi connectivity index (χ3v) is 8.98. The van der Waals surface area contributed by atoms with E-state index in [1.807, 2.05) is 5.41 Å². The van der Waals surface area contributed by atoms with Gasteiger partial charge in [0.15, 0.2) is 0 Å². The van der Waals surface area contributed by atoms with Crippen molar-refractivity contribution in [1.29, 1.82) is 0 Å². The monoisotopic (exact) mass is 453 g/mol. The number of aliphatic hydroxyl groups excluding tert-OH is 2. The molecule has 7 nitrogen and oxygen atoms in total. The normalized spacial score (nSPS) is 26.5. The fourth-order valence-electron chi connectivity index (χ4n) is 2.67. The van der Waals surface area contributed by atoms with Crippen LogP contribution in [0.1, 0.15) is 18.2 Å². The molecular formula is C17H15N3O4S4. The highest BCUT2D eigenvalue weighted by molar-refractivity contribution is 8.33. The van der Waals surface area contributed by atoms with Gasteiger partial charge in [0.05, 0.1) is 31.7 Å². The molecule has 0 unspecified atom stereocenters. The van der Waals surface area contributed by atoms with E-state index < -0.39 is 24.1 Å². The van der Waals surface area contributed by atoms with Crippen LogP contribution in [0.25, 0.3) is 0 Å². The van der Waals surface area contributed by atoms with Gasteiger partial charge in [0.2, 0.25) is 0 Å². The minimum absolute atomic E-state index is 0.0481. The van der Waals surface area contributed by atoms with Gasteiger partial charge in [0.1, 0.15) is 18.1 Å². The second-order valence-corrected chi connectivity index (χ2v) is 10.2. The van der Waals surface area contributed by atoms with Crippen LogP contribution >= 0.6 is 47.0 Å². The van der Waals surface area contributed by atoms with Crippen molar-refractivity contribution in [2.24, 2.45) is 0 Å². The maximum atomic E-state index is 12.2. The summed E-state index contributed by atoms with van der Waals surface area (Å²) in [5.41, 5.74) is 5.69. The van der Waals surface area contributed by atoms with Gasteiger partial charge >= 0.3 is 5.69 Å². The highest BCUT2D eigenvalue weighted by Crippen LogP contribution is 2.52. The van der Waals surface area contributed by atoms with E-state index in [0.717, 1.165) is 4.91 Å². The molecule has 1 fully saturated rings. The van der Waals surface area contributed by atoms with E-state index >= 15 is 0 Å².